The molecule has 0 aliphatic carbocycles. The molecule has 7 nitrogen and oxygen atoms in total. The van der Waals surface area contributed by atoms with E-state index in [1.54, 1.807) is 57.4 Å². The lowest BCUT2D eigenvalue weighted by Gasteiger charge is -2.20. The van der Waals surface area contributed by atoms with Gasteiger partial charge in [0.2, 0.25) is 10.0 Å². The summed E-state index contributed by atoms with van der Waals surface area (Å²) >= 11 is 0. The average Bonchev–Trinajstić information content (AvgIpc) is 2.90. The molecule has 0 aliphatic heterocycles. The van der Waals surface area contributed by atoms with Gasteiger partial charge in [-0.15, -0.1) is 0 Å². The van der Waals surface area contributed by atoms with Gasteiger partial charge in [0.05, 0.1) is 22.5 Å². The Hall–Kier alpha value is -2.71. The molecule has 142 valence electrons. The van der Waals surface area contributed by atoms with Gasteiger partial charge in [-0.3, -0.25) is 13.9 Å². The van der Waals surface area contributed by atoms with Gasteiger partial charge in [0.1, 0.15) is 0 Å². The summed E-state index contributed by atoms with van der Waals surface area (Å²) < 4.78 is 30.1. The Kier molecular flexibility index (Phi) is 5.03. The van der Waals surface area contributed by atoms with Crippen molar-refractivity contribution in [3.63, 3.8) is 0 Å². The molecule has 1 heterocycles. The van der Waals surface area contributed by atoms with Crippen LogP contribution in [0.25, 0.3) is 11.0 Å². The van der Waals surface area contributed by atoms with E-state index in [4.69, 9.17) is 0 Å². The van der Waals surface area contributed by atoms with E-state index in [9.17, 15) is 18.0 Å². The van der Waals surface area contributed by atoms with Crippen LogP contribution in [0, 0.1) is 0 Å². The first-order chi connectivity index (χ1) is 12.8. The standard InChI is InChI=1S/C19H21N3O4S/c1-4-22(13-18(23)14-8-6-5-7-9-14)27(25,26)15-10-11-16-17(12-15)21(3)19(24)20(16)2/h5-12H,4,13H2,1-3H3. The quantitative estimate of drug-likeness (QED) is 0.604. The summed E-state index contributed by atoms with van der Waals surface area (Å²) in [4.78, 5) is 24.6. The van der Waals surface area contributed by atoms with Crippen molar-refractivity contribution in [1.82, 2.24) is 13.4 Å². The van der Waals surface area contributed by atoms with Gasteiger partial charge in [-0.05, 0) is 18.2 Å². The van der Waals surface area contributed by atoms with Gasteiger partial charge in [0, 0.05) is 26.2 Å². The molecule has 8 heteroatoms. The number of hydrogen-bond donors (Lipinski definition) is 0. The van der Waals surface area contributed by atoms with Crippen molar-refractivity contribution in [2.24, 2.45) is 14.1 Å². The Labute approximate surface area is 157 Å². The van der Waals surface area contributed by atoms with E-state index in [0.717, 1.165) is 4.31 Å². The van der Waals surface area contributed by atoms with Crippen LogP contribution in [-0.4, -0.2) is 40.7 Å². The number of carbonyl (C=O) groups is 1. The lowest BCUT2D eigenvalue weighted by Crippen LogP contribution is -2.35. The third kappa shape index (κ3) is 3.33. The summed E-state index contributed by atoms with van der Waals surface area (Å²) in [6.45, 7) is 1.61. The predicted octanol–water partition coefficient (Wildman–Crippen LogP) is 1.77. The van der Waals surface area contributed by atoms with Crippen molar-refractivity contribution in [1.29, 1.82) is 0 Å². The minimum Gasteiger partial charge on any atom is -0.295 e. The number of carbonyl (C=O) groups excluding carboxylic acids is 1. The van der Waals surface area contributed by atoms with Crippen LogP contribution in [0.4, 0.5) is 0 Å². The van der Waals surface area contributed by atoms with Crippen molar-refractivity contribution in [2.75, 3.05) is 13.1 Å². The number of benzene rings is 2. The molecule has 0 unspecified atom stereocenters. The molecule has 0 spiro atoms. The fourth-order valence-electron chi connectivity index (χ4n) is 3.04. The summed E-state index contributed by atoms with van der Waals surface area (Å²) in [5.74, 6) is -0.269. The van der Waals surface area contributed by atoms with Crippen molar-refractivity contribution in [3.8, 4) is 0 Å². The second-order valence-corrected chi connectivity index (χ2v) is 8.21. The second-order valence-electron chi connectivity index (χ2n) is 6.27. The molecule has 0 aliphatic rings. The highest BCUT2D eigenvalue weighted by molar-refractivity contribution is 7.89. The van der Waals surface area contributed by atoms with Gasteiger partial charge in [-0.2, -0.15) is 4.31 Å². The van der Waals surface area contributed by atoms with E-state index in [1.807, 2.05) is 0 Å². The predicted molar refractivity (Wildman–Crippen MR) is 103 cm³/mol. The third-order valence-electron chi connectivity index (χ3n) is 4.65. The van der Waals surface area contributed by atoms with Crippen molar-refractivity contribution < 1.29 is 13.2 Å². The Bertz CT molecular complexity index is 1160. The molecule has 0 fully saturated rings. The number of sulfonamides is 1. The molecular formula is C19H21N3O4S. The molecule has 1 aromatic heterocycles. The van der Waals surface area contributed by atoms with Gasteiger partial charge in [0.25, 0.3) is 0 Å². The zero-order chi connectivity index (χ0) is 19.8. The van der Waals surface area contributed by atoms with Crippen LogP contribution in [0.2, 0.25) is 0 Å². The zero-order valence-corrected chi connectivity index (χ0v) is 16.2. The first-order valence-electron chi connectivity index (χ1n) is 8.51. The maximum atomic E-state index is 13.1. The summed E-state index contributed by atoms with van der Waals surface area (Å²) in [6.07, 6.45) is 0. The molecule has 3 aromatic rings. The Morgan fingerprint density at radius 1 is 1.00 bits per heavy atom. The van der Waals surface area contributed by atoms with Gasteiger partial charge in [-0.25, -0.2) is 13.2 Å². The summed E-state index contributed by atoms with van der Waals surface area (Å²) in [5, 5.41) is 0. The van der Waals surface area contributed by atoms with E-state index < -0.39 is 10.0 Å². The number of aromatic nitrogens is 2. The normalized spacial score (nSPS) is 12.0. The Balaban J connectivity index is 1.98. The number of likely N-dealkylation sites (N-methyl/N-ethyl adjacent to an activating group) is 1. The van der Waals surface area contributed by atoms with Crippen molar-refractivity contribution in [3.05, 3.63) is 64.6 Å². The monoisotopic (exact) mass is 387 g/mol. The maximum Gasteiger partial charge on any atom is 0.328 e. The van der Waals surface area contributed by atoms with Crippen LogP contribution < -0.4 is 5.69 Å². The number of ketones is 1. The van der Waals surface area contributed by atoms with Gasteiger partial charge in [-0.1, -0.05) is 37.3 Å². The molecule has 0 atom stereocenters. The summed E-state index contributed by atoms with van der Waals surface area (Å²) in [5.41, 5.74) is 1.40. The molecule has 0 saturated heterocycles. The molecular weight excluding hydrogens is 366 g/mol. The van der Waals surface area contributed by atoms with E-state index in [2.05, 4.69) is 0 Å². The smallest absolute Gasteiger partial charge is 0.295 e. The molecule has 0 radical (unpaired) electrons. The number of nitrogens with zero attached hydrogens (tertiary/aromatic N) is 3. The van der Waals surface area contributed by atoms with Gasteiger partial charge in [0.15, 0.2) is 5.78 Å². The highest BCUT2D eigenvalue weighted by Gasteiger charge is 2.26. The minimum atomic E-state index is -3.88. The topological polar surface area (TPSA) is 81.4 Å². The molecule has 0 saturated carbocycles. The van der Waals surface area contributed by atoms with Crippen molar-refractivity contribution in [2.45, 2.75) is 11.8 Å². The van der Waals surface area contributed by atoms with Crippen LogP contribution >= 0.6 is 0 Å². The molecule has 0 bridgehead atoms. The minimum absolute atomic E-state index is 0.0545. The number of imidazole rings is 1. The molecule has 0 amide bonds. The fraction of sp³-hybridized carbons (Fsp3) is 0.263. The average molecular weight is 387 g/mol. The number of aryl methyl sites for hydroxylation is 2. The van der Waals surface area contributed by atoms with E-state index in [1.165, 1.54) is 21.3 Å². The zero-order valence-electron chi connectivity index (χ0n) is 15.4. The molecule has 3 rings (SSSR count). The van der Waals surface area contributed by atoms with Crippen molar-refractivity contribution >= 4 is 26.8 Å². The lowest BCUT2D eigenvalue weighted by atomic mass is 10.1. The first kappa shape index (κ1) is 19.1. The summed E-state index contributed by atoms with van der Waals surface area (Å²) in [6, 6.07) is 13.1. The number of hydrogen-bond acceptors (Lipinski definition) is 4. The van der Waals surface area contributed by atoms with E-state index in [-0.39, 0.29) is 29.5 Å². The largest absolute Gasteiger partial charge is 0.328 e. The van der Waals surface area contributed by atoms with Crippen LogP contribution in [0.3, 0.4) is 0 Å². The van der Waals surface area contributed by atoms with Crippen LogP contribution in [-0.2, 0) is 24.1 Å². The lowest BCUT2D eigenvalue weighted by molar-refractivity contribution is 0.0967. The van der Waals surface area contributed by atoms with Crippen LogP contribution in [0.15, 0.2) is 58.2 Å². The number of rotatable bonds is 6. The van der Waals surface area contributed by atoms with Gasteiger partial charge >= 0.3 is 5.69 Å². The molecule has 2 aromatic carbocycles. The van der Waals surface area contributed by atoms with Crippen LogP contribution in [0.1, 0.15) is 17.3 Å². The van der Waals surface area contributed by atoms with E-state index >= 15 is 0 Å². The summed E-state index contributed by atoms with van der Waals surface area (Å²) in [7, 11) is -0.649. The number of Topliss-reactive ketones (excluding diaryl/α,β-unsaturated/α-hetero) is 1. The highest BCUT2D eigenvalue weighted by atomic mass is 32.2. The SMILES string of the molecule is CCN(CC(=O)c1ccccc1)S(=O)(=O)c1ccc2c(c1)n(C)c(=O)n2C. The van der Waals surface area contributed by atoms with Crippen LogP contribution in [0.5, 0.6) is 0 Å². The van der Waals surface area contributed by atoms with E-state index in [0.29, 0.717) is 16.6 Å². The number of fused-ring (bicyclic) bond motifs is 1. The fourth-order valence-corrected chi connectivity index (χ4v) is 4.46. The maximum absolute atomic E-state index is 13.1. The first-order valence-corrected chi connectivity index (χ1v) is 9.95. The highest BCUT2D eigenvalue weighted by Crippen LogP contribution is 2.21. The Morgan fingerprint density at radius 2 is 1.63 bits per heavy atom. The molecule has 27 heavy (non-hydrogen) atoms. The Morgan fingerprint density at radius 3 is 2.26 bits per heavy atom. The third-order valence-corrected chi connectivity index (χ3v) is 6.57. The van der Waals surface area contributed by atoms with Gasteiger partial charge < -0.3 is 0 Å². The molecule has 0 N–H and O–H groups in total. The second kappa shape index (κ2) is 7.13.